The van der Waals surface area contributed by atoms with Crippen LogP contribution in [0.4, 0.5) is 0 Å². The minimum atomic E-state index is 0.490. The van der Waals surface area contributed by atoms with Gasteiger partial charge in [0, 0.05) is 17.0 Å². The average molecular weight is 265 g/mol. The van der Waals surface area contributed by atoms with Crippen molar-refractivity contribution in [2.75, 3.05) is 12.3 Å². The molecular weight excluding hydrogens is 238 g/mol. The molecule has 1 rings (SSSR count). The molecule has 0 aliphatic carbocycles. The molecule has 0 saturated carbocycles. The van der Waals surface area contributed by atoms with Crippen molar-refractivity contribution in [3.05, 3.63) is 35.4 Å². The highest BCUT2D eigenvalue weighted by molar-refractivity contribution is 7.99. The number of thioether (sulfide) groups is 1. The summed E-state index contributed by atoms with van der Waals surface area (Å²) in [6.07, 6.45) is 2.44. The predicted octanol–water partition coefficient (Wildman–Crippen LogP) is 4.57. The van der Waals surface area contributed by atoms with E-state index < -0.39 is 0 Å². The maximum absolute atomic E-state index is 3.66. The van der Waals surface area contributed by atoms with Crippen LogP contribution in [0, 0.1) is 6.92 Å². The first-order valence-corrected chi connectivity index (χ1v) is 8.13. The van der Waals surface area contributed by atoms with E-state index in [1.807, 2.05) is 0 Å². The van der Waals surface area contributed by atoms with Gasteiger partial charge in [0.2, 0.25) is 0 Å². The Morgan fingerprint density at radius 1 is 1.17 bits per heavy atom. The Morgan fingerprint density at radius 2 is 1.83 bits per heavy atom. The van der Waals surface area contributed by atoms with Crippen molar-refractivity contribution in [2.24, 2.45) is 0 Å². The molecular formula is C16H27NS. The van der Waals surface area contributed by atoms with Crippen LogP contribution in [-0.4, -0.2) is 17.5 Å². The van der Waals surface area contributed by atoms with E-state index in [9.17, 15) is 0 Å². The van der Waals surface area contributed by atoms with Gasteiger partial charge in [-0.15, -0.1) is 0 Å². The summed E-state index contributed by atoms with van der Waals surface area (Å²) in [5.74, 6) is 1.16. The lowest BCUT2D eigenvalue weighted by Crippen LogP contribution is -2.24. The van der Waals surface area contributed by atoms with E-state index in [1.165, 1.54) is 24.0 Å². The number of hydrogen-bond donors (Lipinski definition) is 1. The van der Waals surface area contributed by atoms with Crippen LogP contribution in [0.3, 0.4) is 0 Å². The van der Waals surface area contributed by atoms with Crippen molar-refractivity contribution in [1.82, 2.24) is 5.32 Å². The van der Waals surface area contributed by atoms with E-state index in [0.717, 1.165) is 17.5 Å². The molecule has 102 valence electrons. The first kappa shape index (κ1) is 15.6. The normalized spacial score (nSPS) is 14.4. The van der Waals surface area contributed by atoms with Gasteiger partial charge in [0.1, 0.15) is 0 Å². The highest BCUT2D eigenvalue weighted by atomic mass is 32.2. The molecule has 0 heterocycles. The van der Waals surface area contributed by atoms with E-state index in [1.54, 1.807) is 0 Å². The highest BCUT2D eigenvalue weighted by Gasteiger charge is 2.12. The van der Waals surface area contributed by atoms with Gasteiger partial charge in [0.05, 0.1) is 0 Å². The van der Waals surface area contributed by atoms with Crippen molar-refractivity contribution in [2.45, 2.75) is 51.8 Å². The van der Waals surface area contributed by atoms with Crippen molar-refractivity contribution >= 4 is 11.8 Å². The van der Waals surface area contributed by atoms with Gasteiger partial charge in [-0.3, -0.25) is 0 Å². The van der Waals surface area contributed by atoms with Crippen LogP contribution in [-0.2, 0) is 0 Å². The Balaban J connectivity index is 2.62. The lowest BCUT2D eigenvalue weighted by Gasteiger charge is -2.20. The molecule has 0 aromatic heterocycles. The fourth-order valence-electron chi connectivity index (χ4n) is 1.77. The zero-order valence-corrected chi connectivity index (χ0v) is 13.0. The number of rotatable bonds is 8. The fourth-order valence-corrected chi connectivity index (χ4v) is 2.84. The van der Waals surface area contributed by atoms with Crippen molar-refractivity contribution in [1.29, 1.82) is 0 Å². The Labute approximate surface area is 117 Å². The summed E-state index contributed by atoms with van der Waals surface area (Å²) < 4.78 is 0. The highest BCUT2D eigenvalue weighted by Crippen LogP contribution is 2.23. The number of aryl methyl sites for hydroxylation is 1. The van der Waals surface area contributed by atoms with Crippen LogP contribution < -0.4 is 5.32 Å². The smallest absolute Gasteiger partial charge is 0.0411 e. The van der Waals surface area contributed by atoms with Gasteiger partial charge in [0.25, 0.3) is 0 Å². The zero-order valence-electron chi connectivity index (χ0n) is 12.2. The minimum absolute atomic E-state index is 0.490. The Hall–Kier alpha value is -0.470. The summed E-state index contributed by atoms with van der Waals surface area (Å²) in [7, 11) is 0. The van der Waals surface area contributed by atoms with Gasteiger partial charge in [-0.25, -0.2) is 0 Å². The van der Waals surface area contributed by atoms with Crippen LogP contribution in [0.15, 0.2) is 24.3 Å². The molecule has 1 nitrogen and oxygen atoms in total. The average Bonchev–Trinajstić information content (AvgIpc) is 2.40. The molecule has 0 amide bonds. The second-order valence-electron chi connectivity index (χ2n) is 4.97. The summed E-state index contributed by atoms with van der Waals surface area (Å²) >= 11 is 2.07. The number of nitrogens with one attached hydrogen (secondary N) is 1. The Morgan fingerprint density at radius 3 is 2.39 bits per heavy atom. The summed E-state index contributed by atoms with van der Waals surface area (Å²) in [4.78, 5) is 0. The topological polar surface area (TPSA) is 12.0 Å². The van der Waals surface area contributed by atoms with Crippen molar-refractivity contribution < 1.29 is 0 Å². The number of benzene rings is 1. The first-order valence-electron chi connectivity index (χ1n) is 7.08. The van der Waals surface area contributed by atoms with Crippen molar-refractivity contribution in [3.63, 3.8) is 0 Å². The van der Waals surface area contributed by atoms with Gasteiger partial charge in [-0.2, -0.15) is 11.8 Å². The molecule has 0 saturated heterocycles. The maximum Gasteiger partial charge on any atom is 0.0411 e. The van der Waals surface area contributed by atoms with Gasteiger partial charge in [-0.05, 0) is 31.9 Å². The van der Waals surface area contributed by atoms with Crippen LogP contribution in [0.2, 0.25) is 0 Å². The van der Waals surface area contributed by atoms with E-state index in [4.69, 9.17) is 0 Å². The molecule has 0 aliphatic rings. The standard InChI is InChI=1S/C16H27NS/c1-5-11-17-16(12-18-14(4)6-2)15-9-7-13(3)8-10-15/h7-10,14,16-17H,5-6,11-12H2,1-4H3. The Bertz CT molecular complexity index is 320. The third kappa shape index (κ3) is 5.45. The molecule has 1 aromatic carbocycles. The third-order valence-electron chi connectivity index (χ3n) is 3.24. The van der Waals surface area contributed by atoms with Crippen molar-refractivity contribution in [3.8, 4) is 0 Å². The maximum atomic E-state index is 3.66. The summed E-state index contributed by atoms with van der Waals surface area (Å²) in [6.45, 7) is 10.0. The quantitative estimate of drug-likeness (QED) is 0.739. The third-order valence-corrected chi connectivity index (χ3v) is 4.67. The molecule has 18 heavy (non-hydrogen) atoms. The van der Waals surface area contributed by atoms with E-state index in [-0.39, 0.29) is 0 Å². The predicted molar refractivity (Wildman–Crippen MR) is 84.4 cm³/mol. The Kier molecular flexibility index (Phi) is 7.45. The van der Waals surface area contributed by atoms with Crippen LogP contribution in [0.25, 0.3) is 0 Å². The zero-order chi connectivity index (χ0) is 13.4. The van der Waals surface area contributed by atoms with Gasteiger partial charge < -0.3 is 5.32 Å². The lowest BCUT2D eigenvalue weighted by molar-refractivity contribution is 0.576. The molecule has 0 radical (unpaired) electrons. The van der Waals surface area contributed by atoms with Gasteiger partial charge in [-0.1, -0.05) is 50.6 Å². The first-order chi connectivity index (χ1) is 8.67. The van der Waals surface area contributed by atoms with Crippen LogP contribution in [0.5, 0.6) is 0 Å². The van der Waals surface area contributed by atoms with Crippen LogP contribution in [0.1, 0.15) is 50.8 Å². The van der Waals surface area contributed by atoms with Crippen LogP contribution >= 0.6 is 11.8 Å². The van der Waals surface area contributed by atoms with Gasteiger partial charge in [0.15, 0.2) is 0 Å². The second-order valence-corrected chi connectivity index (χ2v) is 6.44. The molecule has 2 heteroatoms. The largest absolute Gasteiger partial charge is 0.309 e. The van der Waals surface area contributed by atoms with Gasteiger partial charge >= 0.3 is 0 Å². The molecule has 0 spiro atoms. The molecule has 1 aromatic rings. The minimum Gasteiger partial charge on any atom is -0.309 e. The monoisotopic (exact) mass is 265 g/mol. The fraction of sp³-hybridized carbons (Fsp3) is 0.625. The summed E-state index contributed by atoms with van der Waals surface area (Å²) in [6, 6.07) is 9.44. The van der Waals surface area contributed by atoms with E-state index >= 15 is 0 Å². The molecule has 0 aliphatic heterocycles. The summed E-state index contributed by atoms with van der Waals surface area (Å²) in [5.41, 5.74) is 2.76. The molecule has 1 N–H and O–H groups in total. The molecule has 2 unspecified atom stereocenters. The molecule has 0 fully saturated rings. The van der Waals surface area contributed by atoms with E-state index in [2.05, 4.69) is 69.0 Å². The summed E-state index contributed by atoms with van der Waals surface area (Å²) in [5, 5.41) is 4.42. The lowest BCUT2D eigenvalue weighted by atomic mass is 10.1. The number of hydrogen-bond acceptors (Lipinski definition) is 2. The molecule has 2 atom stereocenters. The molecule has 0 bridgehead atoms. The second kappa shape index (κ2) is 8.60. The van der Waals surface area contributed by atoms with E-state index in [0.29, 0.717) is 6.04 Å². The SMILES string of the molecule is CCCNC(CSC(C)CC)c1ccc(C)cc1.